The molecule has 2 N–H and O–H groups in total. The van der Waals surface area contributed by atoms with Crippen LogP contribution in [0.4, 0.5) is 0 Å². The van der Waals surface area contributed by atoms with Crippen molar-refractivity contribution in [3.63, 3.8) is 0 Å². The molecule has 0 heterocycles. The Kier molecular flexibility index (Phi) is 5.12. The Bertz CT molecular complexity index is 576. The average Bonchev–Trinajstić information content (AvgIpc) is 2.53. The molecule has 21 heavy (non-hydrogen) atoms. The van der Waals surface area contributed by atoms with Crippen molar-refractivity contribution in [3.05, 3.63) is 71.3 Å². The summed E-state index contributed by atoms with van der Waals surface area (Å²) in [6, 6.07) is 17.7. The summed E-state index contributed by atoms with van der Waals surface area (Å²) in [5, 5.41) is 0. The van der Waals surface area contributed by atoms with Gasteiger partial charge >= 0.3 is 0 Å². The monoisotopic (exact) mass is 282 g/mol. The van der Waals surface area contributed by atoms with Gasteiger partial charge in [0, 0.05) is 24.7 Å². The van der Waals surface area contributed by atoms with Crippen LogP contribution in [0.5, 0.6) is 0 Å². The standard InChI is InChI=1S/C18H22N2O/c1-14(2)20(13-16-6-4-3-5-7-16)18(21)17-10-8-15(12-19)9-11-17/h3-11,14H,12-13,19H2,1-2H3. The molecule has 0 saturated heterocycles. The van der Waals surface area contributed by atoms with E-state index in [1.54, 1.807) is 0 Å². The van der Waals surface area contributed by atoms with Crippen LogP contribution >= 0.6 is 0 Å². The van der Waals surface area contributed by atoms with Gasteiger partial charge in [0.1, 0.15) is 0 Å². The maximum atomic E-state index is 12.7. The maximum Gasteiger partial charge on any atom is 0.254 e. The van der Waals surface area contributed by atoms with Gasteiger partial charge in [-0.1, -0.05) is 42.5 Å². The lowest BCUT2D eigenvalue weighted by Crippen LogP contribution is -2.36. The van der Waals surface area contributed by atoms with E-state index in [2.05, 4.69) is 0 Å². The summed E-state index contributed by atoms with van der Waals surface area (Å²) in [5.41, 5.74) is 8.47. The molecule has 110 valence electrons. The van der Waals surface area contributed by atoms with Gasteiger partial charge in [-0.3, -0.25) is 4.79 Å². The first-order valence-corrected chi connectivity index (χ1v) is 7.25. The lowest BCUT2D eigenvalue weighted by molar-refractivity contribution is 0.0690. The first-order valence-electron chi connectivity index (χ1n) is 7.25. The Labute approximate surface area is 126 Å². The molecule has 0 aliphatic rings. The molecule has 3 nitrogen and oxygen atoms in total. The van der Waals surface area contributed by atoms with E-state index in [9.17, 15) is 4.79 Å². The van der Waals surface area contributed by atoms with Crippen LogP contribution in [0.1, 0.15) is 35.3 Å². The average molecular weight is 282 g/mol. The van der Waals surface area contributed by atoms with Crippen molar-refractivity contribution in [2.45, 2.75) is 33.0 Å². The van der Waals surface area contributed by atoms with E-state index < -0.39 is 0 Å². The summed E-state index contributed by atoms with van der Waals surface area (Å²) >= 11 is 0. The molecule has 0 aromatic heterocycles. The zero-order chi connectivity index (χ0) is 15.2. The van der Waals surface area contributed by atoms with Gasteiger partial charge in [-0.15, -0.1) is 0 Å². The van der Waals surface area contributed by atoms with Gasteiger partial charge in [0.05, 0.1) is 0 Å². The molecule has 0 aliphatic heterocycles. The fourth-order valence-electron chi connectivity index (χ4n) is 2.22. The smallest absolute Gasteiger partial charge is 0.254 e. The van der Waals surface area contributed by atoms with E-state index in [0.717, 1.165) is 11.1 Å². The quantitative estimate of drug-likeness (QED) is 0.915. The Hall–Kier alpha value is -2.13. The summed E-state index contributed by atoms with van der Waals surface area (Å²) in [7, 11) is 0. The van der Waals surface area contributed by atoms with E-state index in [0.29, 0.717) is 18.7 Å². The summed E-state index contributed by atoms with van der Waals surface area (Å²) in [5.74, 6) is 0.0532. The van der Waals surface area contributed by atoms with Crippen molar-refractivity contribution >= 4 is 5.91 Å². The third kappa shape index (κ3) is 3.92. The molecule has 0 unspecified atom stereocenters. The summed E-state index contributed by atoms with van der Waals surface area (Å²) in [4.78, 5) is 14.6. The lowest BCUT2D eigenvalue weighted by Gasteiger charge is -2.27. The third-order valence-electron chi connectivity index (χ3n) is 3.52. The minimum Gasteiger partial charge on any atom is -0.332 e. The van der Waals surface area contributed by atoms with Gasteiger partial charge in [0.15, 0.2) is 0 Å². The molecule has 0 fully saturated rings. The summed E-state index contributed by atoms with van der Waals surface area (Å²) < 4.78 is 0. The Morgan fingerprint density at radius 2 is 1.62 bits per heavy atom. The molecule has 0 bridgehead atoms. The molecule has 0 spiro atoms. The molecule has 1 amide bonds. The third-order valence-corrected chi connectivity index (χ3v) is 3.52. The van der Waals surface area contributed by atoms with Crippen LogP contribution in [0.25, 0.3) is 0 Å². The number of carbonyl (C=O) groups excluding carboxylic acids is 1. The number of hydrogen-bond acceptors (Lipinski definition) is 2. The SMILES string of the molecule is CC(C)N(Cc1ccccc1)C(=O)c1ccc(CN)cc1. The fourth-order valence-corrected chi connectivity index (χ4v) is 2.22. The van der Waals surface area contributed by atoms with Gasteiger partial charge in [-0.05, 0) is 37.1 Å². The highest BCUT2D eigenvalue weighted by atomic mass is 16.2. The van der Waals surface area contributed by atoms with Gasteiger partial charge in [0.25, 0.3) is 5.91 Å². The van der Waals surface area contributed by atoms with E-state index in [4.69, 9.17) is 5.73 Å². The topological polar surface area (TPSA) is 46.3 Å². The Morgan fingerprint density at radius 1 is 1.00 bits per heavy atom. The van der Waals surface area contributed by atoms with Crippen LogP contribution < -0.4 is 5.73 Å². The number of amides is 1. The predicted octanol–water partition coefficient (Wildman–Crippen LogP) is 3.20. The van der Waals surface area contributed by atoms with E-state index in [1.807, 2.05) is 73.3 Å². The molecule has 3 heteroatoms. The molecule has 2 aromatic rings. The van der Waals surface area contributed by atoms with Crippen molar-refractivity contribution in [1.82, 2.24) is 4.90 Å². The number of carbonyl (C=O) groups is 1. The van der Waals surface area contributed by atoms with Crippen molar-refractivity contribution in [2.24, 2.45) is 5.73 Å². The van der Waals surface area contributed by atoms with E-state index in [-0.39, 0.29) is 11.9 Å². The number of nitrogens with zero attached hydrogens (tertiary/aromatic N) is 1. The molecule has 0 aliphatic carbocycles. The van der Waals surface area contributed by atoms with Crippen molar-refractivity contribution in [2.75, 3.05) is 0 Å². The highest BCUT2D eigenvalue weighted by molar-refractivity contribution is 5.94. The zero-order valence-corrected chi connectivity index (χ0v) is 12.6. The predicted molar refractivity (Wildman–Crippen MR) is 85.8 cm³/mol. The van der Waals surface area contributed by atoms with Crippen LogP contribution in [0.3, 0.4) is 0 Å². The number of rotatable bonds is 5. The molecule has 0 atom stereocenters. The summed E-state index contributed by atoms with van der Waals surface area (Å²) in [6.07, 6.45) is 0. The van der Waals surface area contributed by atoms with Gasteiger partial charge in [-0.2, -0.15) is 0 Å². The fraction of sp³-hybridized carbons (Fsp3) is 0.278. The molecule has 2 aromatic carbocycles. The molecule has 2 rings (SSSR count). The number of hydrogen-bond donors (Lipinski definition) is 1. The second-order valence-corrected chi connectivity index (χ2v) is 5.41. The first-order chi connectivity index (χ1) is 10.1. The van der Waals surface area contributed by atoms with Crippen molar-refractivity contribution in [3.8, 4) is 0 Å². The van der Waals surface area contributed by atoms with Crippen LogP contribution in [0.15, 0.2) is 54.6 Å². The maximum absolute atomic E-state index is 12.7. The number of nitrogens with two attached hydrogens (primary N) is 1. The normalized spacial score (nSPS) is 10.7. The minimum atomic E-state index is 0.0532. The van der Waals surface area contributed by atoms with Gasteiger partial charge in [-0.25, -0.2) is 0 Å². The van der Waals surface area contributed by atoms with E-state index >= 15 is 0 Å². The minimum absolute atomic E-state index is 0.0532. The van der Waals surface area contributed by atoms with Crippen molar-refractivity contribution < 1.29 is 4.79 Å². The molecular formula is C18H22N2O. The van der Waals surface area contributed by atoms with Crippen LogP contribution in [0.2, 0.25) is 0 Å². The van der Waals surface area contributed by atoms with Crippen LogP contribution in [-0.4, -0.2) is 16.8 Å². The Morgan fingerprint density at radius 3 is 2.14 bits per heavy atom. The van der Waals surface area contributed by atoms with Gasteiger partial charge in [0.2, 0.25) is 0 Å². The Balaban J connectivity index is 2.18. The van der Waals surface area contributed by atoms with Crippen LogP contribution in [-0.2, 0) is 13.1 Å². The number of benzene rings is 2. The molecular weight excluding hydrogens is 260 g/mol. The van der Waals surface area contributed by atoms with Crippen LogP contribution in [0, 0.1) is 0 Å². The highest BCUT2D eigenvalue weighted by Gasteiger charge is 2.18. The van der Waals surface area contributed by atoms with E-state index in [1.165, 1.54) is 0 Å². The second-order valence-electron chi connectivity index (χ2n) is 5.41. The van der Waals surface area contributed by atoms with Crippen molar-refractivity contribution in [1.29, 1.82) is 0 Å². The molecule has 0 radical (unpaired) electrons. The largest absolute Gasteiger partial charge is 0.332 e. The van der Waals surface area contributed by atoms with Gasteiger partial charge < -0.3 is 10.6 Å². The zero-order valence-electron chi connectivity index (χ0n) is 12.6. The lowest BCUT2D eigenvalue weighted by atomic mass is 10.1. The highest BCUT2D eigenvalue weighted by Crippen LogP contribution is 2.14. The second kappa shape index (κ2) is 7.04. The summed E-state index contributed by atoms with van der Waals surface area (Å²) in [6.45, 7) is 5.19. The first kappa shape index (κ1) is 15.3. The molecule has 0 saturated carbocycles.